The predicted molar refractivity (Wildman–Crippen MR) is 92.6 cm³/mol. The Morgan fingerprint density at radius 3 is 2.40 bits per heavy atom. The Labute approximate surface area is 150 Å². The third kappa shape index (κ3) is 4.59. The lowest BCUT2D eigenvalue weighted by Crippen LogP contribution is -2.30. The van der Waals surface area contributed by atoms with Crippen LogP contribution in [0.4, 0.5) is 0 Å². The SMILES string of the molecule is CCN(CC)S(=O)(=O)c1ccc(-c2nnc(SCC(=O)OC)o2)cc1. The number of methoxy groups -OCH3 is 1. The van der Waals surface area contributed by atoms with Gasteiger partial charge in [-0.3, -0.25) is 4.79 Å². The van der Waals surface area contributed by atoms with Crippen molar-refractivity contribution in [1.82, 2.24) is 14.5 Å². The van der Waals surface area contributed by atoms with Crippen LogP contribution >= 0.6 is 11.8 Å². The first kappa shape index (κ1) is 19.4. The van der Waals surface area contributed by atoms with Gasteiger partial charge in [0, 0.05) is 18.7 Å². The van der Waals surface area contributed by atoms with Gasteiger partial charge in [0.25, 0.3) is 5.22 Å². The van der Waals surface area contributed by atoms with Gasteiger partial charge in [-0.15, -0.1) is 10.2 Å². The molecule has 1 heterocycles. The van der Waals surface area contributed by atoms with Crippen LogP contribution in [0, 0.1) is 0 Å². The molecule has 0 fully saturated rings. The van der Waals surface area contributed by atoms with Gasteiger partial charge in [-0.25, -0.2) is 8.42 Å². The van der Waals surface area contributed by atoms with E-state index in [1.165, 1.54) is 23.5 Å². The molecule has 1 aromatic heterocycles. The molecule has 0 amide bonds. The number of rotatable bonds is 8. The predicted octanol–water partition coefficient (Wildman–Crippen LogP) is 2.03. The molecule has 0 bridgehead atoms. The average Bonchev–Trinajstić information content (AvgIpc) is 3.09. The second-order valence-electron chi connectivity index (χ2n) is 4.85. The topological polar surface area (TPSA) is 103 Å². The van der Waals surface area contributed by atoms with Crippen molar-refractivity contribution >= 4 is 27.8 Å². The fourth-order valence-electron chi connectivity index (χ4n) is 2.05. The van der Waals surface area contributed by atoms with E-state index in [4.69, 9.17) is 4.42 Å². The second kappa shape index (κ2) is 8.45. The summed E-state index contributed by atoms with van der Waals surface area (Å²) in [6, 6.07) is 6.24. The van der Waals surface area contributed by atoms with Crippen molar-refractivity contribution in [3.8, 4) is 11.5 Å². The summed E-state index contributed by atoms with van der Waals surface area (Å²) in [4.78, 5) is 11.3. The van der Waals surface area contributed by atoms with Crippen LogP contribution in [0.2, 0.25) is 0 Å². The quantitative estimate of drug-likeness (QED) is 0.502. The molecule has 0 aliphatic rings. The Balaban J connectivity index is 2.15. The Kier molecular flexibility index (Phi) is 6.57. The van der Waals surface area contributed by atoms with Crippen molar-refractivity contribution in [1.29, 1.82) is 0 Å². The molecule has 0 atom stereocenters. The molecular formula is C15H19N3O5S2. The molecule has 0 spiro atoms. The van der Waals surface area contributed by atoms with Gasteiger partial charge in [-0.1, -0.05) is 25.6 Å². The van der Waals surface area contributed by atoms with Crippen LogP contribution in [0.5, 0.6) is 0 Å². The number of aromatic nitrogens is 2. The van der Waals surface area contributed by atoms with E-state index in [-0.39, 0.29) is 21.8 Å². The number of ether oxygens (including phenoxy) is 1. The van der Waals surface area contributed by atoms with Crippen molar-refractivity contribution in [2.75, 3.05) is 26.0 Å². The third-order valence-corrected chi connectivity index (χ3v) is 6.25. The standard InChI is InChI=1S/C15H19N3O5S2/c1-4-18(5-2)25(20,21)12-8-6-11(7-9-12)14-16-17-15(23-14)24-10-13(19)22-3/h6-9H,4-5,10H2,1-3H3. The van der Waals surface area contributed by atoms with E-state index < -0.39 is 16.0 Å². The number of sulfonamides is 1. The maximum Gasteiger partial charge on any atom is 0.316 e. The summed E-state index contributed by atoms with van der Waals surface area (Å²) in [6.07, 6.45) is 0. The molecule has 25 heavy (non-hydrogen) atoms. The molecule has 0 aliphatic heterocycles. The van der Waals surface area contributed by atoms with Crippen LogP contribution in [0.1, 0.15) is 13.8 Å². The van der Waals surface area contributed by atoms with Crippen LogP contribution in [-0.2, 0) is 19.6 Å². The lowest BCUT2D eigenvalue weighted by Gasteiger charge is -2.18. The van der Waals surface area contributed by atoms with Crippen molar-refractivity contribution in [3.63, 3.8) is 0 Å². The monoisotopic (exact) mass is 385 g/mol. The highest BCUT2D eigenvalue weighted by atomic mass is 32.2. The fraction of sp³-hybridized carbons (Fsp3) is 0.400. The Morgan fingerprint density at radius 2 is 1.84 bits per heavy atom. The minimum Gasteiger partial charge on any atom is -0.468 e. The molecule has 2 rings (SSSR count). The summed E-state index contributed by atoms with van der Waals surface area (Å²) in [5, 5.41) is 7.97. The van der Waals surface area contributed by atoms with Crippen molar-refractivity contribution in [2.24, 2.45) is 0 Å². The zero-order valence-electron chi connectivity index (χ0n) is 14.1. The van der Waals surface area contributed by atoms with Gasteiger partial charge in [0.05, 0.1) is 12.0 Å². The first-order chi connectivity index (χ1) is 11.9. The minimum absolute atomic E-state index is 0.0686. The summed E-state index contributed by atoms with van der Waals surface area (Å²) in [5.74, 6) is -0.0750. The van der Waals surface area contributed by atoms with E-state index in [1.54, 1.807) is 26.0 Å². The number of benzene rings is 1. The number of thioether (sulfide) groups is 1. The molecule has 1 aromatic carbocycles. The summed E-state index contributed by atoms with van der Waals surface area (Å²) >= 11 is 1.07. The third-order valence-electron chi connectivity index (χ3n) is 3.39. The van der Waals surface area contributed by atoms with Crippen LogP contribution < -0.4 is 0 Å². The molecule has 136 valence electrons. The summed E-state index contributed by atoms with van der Waals surface area (Å²) in [7, 11) is -2.20. The van der Waals surface area contributed by atoms with E-state index in [1.807, 2.05) is 0 Å². The van der Waals surface area contributed by atoms with E-state index >= 15 is 0 Å². The van der Waals surface area contributed by atoms with Crippen LogP contribution in [-0.4, -0.2) is 54.8 Å². The number of esters is 1. The van der Waals surface area contributed by atoms with Gasteiger partial charge in [0.2, 0.25) is 15.9 Å². The highest BCUT2D eigenvalue weighted by molar-refractivity contribution is 7.99. The average molecular weight is 385 g/mol. The maximum atomic E-state index is 12.5. The molecule has 0 aliphatic carbocycles. The normalized spacial score (nSPS) is 11.7. The number of carbonyl (C=O) groups excluding carboxylic acids is 1. The van der Waals surface area contributed by atoms with Crippen LogP contribution in [0.25, 0.3) is 11.5 Å². The summed E-state index contributed by atoms with van der Waals surface area (Å²) < 4.78 is 36.3. The second-order valence-corrected chi connectivity index (χ2v) is 7.72. The smallest absolute Gasteiger partial charge is 0.316 e. The lowest BCUT2D eigenvalue weighted by molar-refractivity contribution is -0.137. The molecule has 0 radical (unpaired) electrons. The van der Waals surface area contributed by atoms with Gasteiger partial charge in [0.15, 0.2) is 0 Å². The zero-order chi connectivity index (χ0) is 18.4. The number of hydrogen-bond donors (Lipinski definition) is 0. The van der Waals surface area contributed by atoms with E-state index in [0.717, 1.165) is 11.8 Å². The number of carbonyl (C=O) groups is 1. The van der Waals surface area contributed by atoms with Gasteiger partial charge in [-0.2, -0.15) is 4.31 Å². The summed E-state index contributed by atoms with van der Waals surface area (Å²) in [5.41, 5.74) is 0.593. The Hall–Kier alpha value is -1.91. The van der Waals surface area contributed by atoms with E-state index in [0.29, 0.717) is 18.7 Å². The number of nitrogens with zero attached hydrogens (tertiary/aromatic N) is 3. The van der Waals surface area contributed by atoms with Gasteiger partial charge >= 0.3 is 5.97 Å². The van der Waals surface area contributed by atoms with Crippen LogP contribution in [0.3, 0.4) is 0 Å². The van der Waals surface area contributed by atoms with E-state index in [2.05, 4.69) is 14.9 Å². The molecule has 10 heteroatoms. The molecule has 0 N–H and O–H groups in total. The van der Waals surface area contributed by atoms with Crippen molar-refractivity contribution < 1.29 is 22.4 Å². The largest absolute Gasteiger partial charge is 0.468 e. The molecular weight excluding hydrogens is 366 g/mol. The fourth-order valence-corrected chi connectivity index (χ4v) is 4.10. The van der Waals surface area contributed by atoms with Gasteiger partial charge < -0.3 is 9.15 Å². The Morgan fingerprint density at radius 1 is 1.20 bits per heavy atom. The molecule has 8 nitrogen and oxygen atoms in total. The molecule has 0 unspecified atom stereocenters. The van der Waals surface area contributed by atoms with Crippen LogP contribution in [0.15, 0.2) is 38.8 Å². The van der Waals surface area contributed by atoms with Gasteiger partial charge in [0.1, 0.15) is 5.75 Å². The highest BCUT2D eigenvalue weighted by Gasteiger charge is 2.21. The minimum atomic E-state index is -3.50. The number of hydrogen-bond acceptors (Lipinski definition) is 8. The highest BCUT2D eigenvalue weighted by Crippen LogP contribution is 2.25. The zero-order valence-corrected chi connectivity index (χ0v) is 15.8. The first-order valence-electron chi connectivity index (χ1n) is 7.56. The molecule has 0 saturated carbocycles. The van der Waals surface area contributed by atoms with Crippen molar-refractivity contribution in [3.05, 3.63) is 24.3 Å². The van der Waals surface area contributed by atoms with Crippen molar-refractivity contribution in [2.45, 2.75) is 24.0 Å². The van der Waals surface area contributed by atoms with E-state index in [9.17, 15) is 13.2 Å². The maximum absolute atomic E-state index is 12.5. The first-order valence-corrected chi connectivity index (χ1v) is 9.98. The lowest BCUT2D eigenvalue weighted by atomic mass is 10.2. The summed E-state index contributed by atoms with van der Waals surface area (Å²) in [6.45, 7) is 4.40. The Bertz CT molecular complexity index is 814. The van der Waals surface area contributed by atoms with Gasteiger partial charge in [-0.05, 0) is 24.3 Å². The molecule has 0 saturated heterocycles. The molecule has 2 aromatic rings.